The second-order valence-electron chi connectivity index (χ2n) is 3.67. The largest absolute Gasteiger partial charge is 0.380 e. The summed E-state index contributed by atoms with van der Waals surface area (Å²) in [6.07, 6.45) is 2.11. The molecule has 1 N–H and O–H groups in total. The molecule has 1 aromatic rings. The number of anilines is 1. The van der Waals surface area contributed by atoms with Crippen molar-refractivity contribution in [1.29, 1.82) is 0 Å². The number of nitrogens with one attached hydrogen (secondary N) is 1. The van der Waals surface area contributed by atoms with Crippen molar-refractivity contribution in [2.45, 2.75) is 32.8 Å². The molecule has 1 unspecified atom stereocenters. The summed E-state index contributed by atoms with van der Waals surface area (Å²) in [5, 5.41) is 3.23. The van der Waals surface area contributed by atoms with Gasteiger partial charge in [0.15, 0.2) is 0 Å². The van der Waals surface area contributed by atoms with Gasteiger partial charge in [0.2, 0.25) is 0 Å². The number of aryl methyl sites for hydroxylation is 1. The number of halogens is 1. The van der Waals surface area contributed by atoms with Crippen molar-refractivity contribution < 1.29 is 4.74 Å². The Morgan fingerprint density at radius 3 is 2.88 bits per heavy atom. The second-order valence-corrected chi connectivity index (χ2v) is 4.48. The summed E-state index contributed by atoms with van der Waals surface area (Å²) in [7, 11) is 1.70. The lowest BCUT2D eigenvalue weighted by Crippen LogP contribution is -2.19. The van der Waals surface area contributed by atoms with E-state index in [9.17, 15) is 0 Å². The Balaban J connectivity index is 2.64. The first-order valence-electron chi connectivity index (χ1n) is 5.45. The van der Waals surface area contributed by atoms with E-state index in [1.165, 1.54) is 0 Å². The van der Waals surface area contributed by atoms with Gasteiger partial charge < -0.3 is 10.1 Å². The van der Waals surface area contributed by atoms with Crippen molar-refractivity contribution in [3.63, 3.8) is 0 Å². The van der Waals surface area contributed by atoms with Gasteiger partial charge in [-0.1, -0.05) is 6.92 Å². The molecule has 5 heteroatoms. The Bertz CT molecular complexity index is 333. The Hall–Kier alpha value is -0.680. The number of hydrogen-bond donors (Lipinski definition) is 1. The Labute approximate surface area is 105 Å². The molecule has 90 valence electrons. The van der Waals surface area contributed by atoms with E-state index in [0.29, 0.717) is 0 Å². The van der Waals surface area contributed by atoms with Crippen molar-refractivity contribution in [3.8, 4) is 0 Å². The molecular formula is C11H18BrN3O. The second kappa shape index (κ2) is 6.81. The number of hydrogen-bond acceptors (Lipinski definition) is 4. The van der Waals surface area contributed by atoms with E-state index in [0.717, 1.165) is 35.6 Å². The molecule has 16 heavy (non-hydrogen) atoms. The average Bonchev–Trinajstić information content (AvgIpc) is 2.25. The minimum atomic E-state index is 0.170. The third kappa shape index (κ3) is 4.45. The van der Waals surface area contributed by atoms with Crippen LogP contribution in [-0.2, 0) is 11.2 Å². The van der Waals surface area contributed by atoms with Crippen molar-refractivity contribution in [1.82, 2.24) is 9.97 Å². The lowest BCUT2D eigenvalue weighted by atomic mass is 10.3. The van der Waals surface area contributed by atoms with Crippen molar-refractivity contribution >= 4 is 21.7 Å². The normalized spacial score (nSPS) is 12.5. The summed E-state index contributed by atoms with van der Waals surface area (Å²) in [6, 6.07) is 1.88. The molecule has 0 spiro atoms. The van der Waals surface area contributed by atoms with E-state index in [1.807, 2.05) is 13.0 Å². The predicted octanol–water partition coefficient (Wildman–Crippen LogP) is 2.64. The first-order valence-corrected chi connectivity index (χ1v) is 6.25. The molecule has 1 atom stereocenters. The maximum Gasteiger partial charge on any atom is 0.132 e. The summed E-state index contributed by atoms with van der Waals surface area (Å²) in [5.41, 5.74) is 0. The first-order chi connectivity index (χ1) is 7.65. The van der Waals surface area contributed by atoms with Crippen LogP contribution in [-0.4, -0.2) is 29.7 Å². The van der Waals surface area contributed by atoms with E-state index >= 15 is 0 Å². The van der Waals surface area contributed by atoms with Crippen molar-refractivity contribution in [3.05, 3.63) is 16.5 Å². The van der Waals surface area contributed by atoms with Gasteiger partial charge in [0, 0.05) is 26.1 Å². The van der Waals surface area contributed by atoms with Crippen LogP contribution in [0.2, 0.25) is 0 Å². The molecule has 0 saturated heterocycles. The molecule has 4 nitrogen and oxygen atoms in total. The van der Waals surface area contributed by atoms with E-state index in [4.69, 9.17) is 4.74 Å². The number of methoxy groups -OCH3 is 1. The van der Waals surface area contributed by atoms with Gasteiger partial charge in [0.05, 0.1) is 6.10 Å². The highest BCUT2D eigenvalue weighted by Crippen LogP contribution is 2.13. The summed E-state index contributed by atoms with van der Waals surface area (Å²) in [6.45, 7) is 4.87. The smallest absolute Gasteiger partial charge is 0.132 e. The zero-order valence-electron chi connectivity index (χ0n) is 9.96. The average molecular weight is 288 g/mol. The van der Waals surface area contributed by atoms with Gasteiger partial charge in [0.1, 0.15) is 16.2 Å². The molecule has 0 fully saturated rings. The number of ether oxygens (including phenoxy) is 1. The summed E-state index contributed by atoms with van der Waals surface area (Å²) in [5.74, 6) is 1.71. The van der Waals surface area contributed by atoms with Crippen LogP contribution >= 0.6 is 15.9 Å². The minimum Gasteiger partial charge on any atom is -0.380 e. The molecule has 1 aromatic heterocycles. The fourth-order valence-electron chi connectivity index (χ4n) is 1.22. The SMILES string of the molecule is CCCc1nc(Br)cc(NCC(C)OC)n1. The maximum atomic E-state index is 5.16. The highest BCUT2D eigenvalue weighted by molar-refractivity contribution is 9.10. The topological polar surface area (TPSA) is 47.0 Å². The molecule has 0 aliphatic carbocycles. The molecular weight excluding hydrogens is 270 g/mol. The number of nitrogens with zero attached hydrogens (tertiary/aromatic N) is 2. The third-order valence-electron chi connectivity index (χ3n) is 2.19. The fraction of sp³-hybridized carbons (Fsp3) is 0.636. The molecule has 0 saturated carbocycles. The van der Waals surface area contributed by atoms with Gasteiger partial charge in [-0.15, -0.1) is 0 Å². The van der Waals surface area contributed by atoms with Crippen LogP contribution < -0.4 is 5.32 Å². The molecule has 0 radical (unpaired) electrons. The van der Waals surface area contributed by atoms with Crippen LogP contribution in [0.3, 0.4) is 0 Å². The Morgan fingerprint density at radius 1 is 1.50 bits per heavy atom. The minimum absolute atomic E-state index is 0.170. The highest BCUT2D eigenvalue weighted by atomic mass is 79.9. The van der Waals surface area contributed by atoms with Crippen molar-refractivity contribution in [2.75, 3.05) is 19.0 Å². The maximum absolute atomic E-state index is 5.16. The zero-order chi connectivity index (χ0) is 12.0. The van der Waals surface area contributed by atoms with Crippen LogP contribution in [0.5, 0.6) is 0 Å². The summed E-state index contributed by atoms with van der Waals surface area (Å²) in [4.78, 5) is 8.73. The van der Waals surface area contributed by atoms with Crippen LogP contribution in [0.1, 0.15) is 26.1 Å². The number of rotatable bonds is 6. The molecule has 0 aliphatic rings. The van der Waals surface area contributed by atoms with Gasteiger partial charge in [-0.05, 0) is 29.3 Å². The van der Waals surface area contributed by atoms with Gasteiger partial charge in [-0.2, -0.15) is 0 Å². The monoisotopic (exact) mass is 287 g/mol. The van der Waals surface area contributed by atoms with E-state index in [2.05, 4.69) is 38.1 Å². The summed E-state index contributed by atoms with van der Waals surface area (Å²) < 4.78 is 5.98. The molecule has 0 aromatic carbocycles. The van der Waals surface area contributed by atoms with Crippen LogP contribution in [0.25, 0.3) is 0 Å². The van der Waals surface area contributed by atoms with Gasteiger partial charge in [-0.3, -0.25) is 0 Å². The quantitative estimate of drug-likeness (QED) is 0.817. The highest BCUT2D eigenvalue weighted by Gasteiger charge is 2.04. The van der Waals surface area contributed by atoms with Crippen LogP contribution in [0, 0.1) is 0 Å². The van der Waals surface area contributed by atoms with Crippen LogP contribution in [0.15, 0.2) is 10.7 Å². The molecule has 1 heterocycles. The predicted molar refractivity (Wildman–Crippen MR) is 68.7 cm³/mol. The fourth-order valence-corrected chi connectivity index (χ4v) is 1.64. The molecule has 1 rings (SSSR count). The zero-order valence-corrected chi connectivity index (χ0v) is 11.5. The van der Waals surface area contributed by atoms with Crippen LogP contribution in [0.4, 0.5) is 5.82 Å². The van der Waals surface area contributed by atoms with Crippen molar-refractivity contribution in [2.24, 2.45) is 0 Å². The van der Waals surface area contributed by atoms with Gasteiger partial charge in [-0.25, -0.2) is 9.97 Å². The molecule has 0 aliphatic heterocycles. The standard InChI is InChI=1S/C11H18BrN3O/c1-4-5-10-14-9(12)6-11(15-10)13-7-8(2)16-3/h6,8H,4-5,7H2,1-3H3,(H,13,14,15). The van der Waals surface area contributed by atoms with E-state index in [-0.39, 0.29) is 6.10 Å². The summed E-state index contributed by atoms with van der Waals surface area (Å²) >= 11 is 3.38. The Kier molecular flexibility index (Phi) is 5.69. The van der Waals surface area contributed by atoms with Gasteiger partial charge in [0.25, 0.3) is 0 Å². The third-order valence-corrected chi connectivity index (χ3v) is 2.59. The van der Waals surface area contributed by atoms with Gasteiger partial charge >= 0.3 is 0 Å². The number of aromatic nitrogens is 2. The molecule has 0 bridgehead atoms. The van der Waals surface area contributed by atoms with E-state index < -0.39 is 0 Å². The Morgan fingerprint density at radius 2 is 2.25 bits per heavy atom. The lowest BCUT2D eigenvalue weighted by Gasteiger charge is -2.12. The first kappa shape index (κ1) is 13.4. The molecule has 0 amide bonds. The lowest BCUT2D eigenvalue weighted by molar-refractivity contribution is 0.128. The van der Waals surface area contributed by atoms with E-state index in [1.54, 1.807) is 7.11 Å².